The minimum Gasteiger partial charge on any atom is -0.361 e. The normalized spacial score (nSPS) is 18.1. The SMILES string of the molecule is CC1(c2cccc(-c3ccc4[nH]ccc4c3)c2[N+](=O)[O-])C(Br)=CC=C1c1ccccc1. The zero-order valence-corrected chi connectivity index (χ0v) is 18.4. The highest BCUT2D eigenvalue weighted by atomic mass is 79.9. The molecule has 0 saturated carbocycles. The van der Waals surface area contributed by atoms with Crippen LogP contribution >= 0.6 is 15.9 Å². The number of allylic oxidation sites excluding steroid dienone is 4. The molecule has 0 aliphatic heterocycles. The van der Waals surface area contributed by atoms with E-state index in [2.05, 4.69) is 20.9 Å². The molecule has 31 heavy (non-hydrogen) atoms. The molecule has 0 bridgehead atoms. The van der Waals surface area contributed by atoms with Crippen molar-refractivity contribution in [3.63, 3.8) is 0 Å². The van der Waals surface area contributed by atoms with Crippen LogP contribution in [0.2, 0.25) is 0 Å². The Morgan fingerprint density at radius 2 is 1.74 bits per heavy atom. The molecule has 1 heterocycles. The molecule has 1 atom stereocenters. The number of hydrogen-bond donors (Lipinski definition) is 1. The van der Waals surface area contributed by atoms with E-state index < -0.39 is 5.41 Å². The molecular formula is C26H19BrN2O2. The lowest BCUT2D eigenvalue weighted by atomic mass is 9.74. The lowest BCUT2D eigenvalue weighted by molar-refractivity contribution is -0.385. The lowest BCUT2D eigenvalue weighted by Crippen LogP contribution is -2.23. The lowest BCUT2D eigenvalue weighted by Gasteiger charge is -2.30. The first-order valence-electron chi connectivity index (χ1n) is 9.99. The Bertz CT molecular complexity index is 1390. The fraction of sp³-hybridized carbons (Fsp3) is 0.0769. The van der Waals surface area contributed by atoms with Crippen molar-refractivity contribution in [1.82, 2.24) is 4.98 Å². The number of H-pyrrole nitrogens is 1. The monoisotopic (exact) mass is 470 g/mol. The van der Waals surface area contributed by atoms with E-state index in [1.807, 2.05) is 98.1 Å². The van der Waals surface area contributed by atoms with Gasteiger partial charge in [-0.05, 0) is 53.3 Å². The molecule has 152 valence electrons. The van der Waals surface area contributed by atoms with Gasteiger partial charge in [-0.3, -0.25) is 10.1 Å². The molecule has 4 aromatic rings. The molecule has 1 unspecified atom stereocenters. The van der Waals surface area contributed by atoms with Crippen molar-refractivity contribution in [2.75, 3.05) is 0 Å². The van der Waals surface area contributed by atoms with Crippen molar-refractivity contribution in [3.05, 3.63) is 117 Å². The van der Waals surface area contributed by atoms with Gasteiger partial charge in [0, 0.05) is 21.8 Å². The predicted molar refractivity (Wildman–Crippen MR) is 129 cm³/mol. The first-order chi connectivity index (χ1) is 15.0. The van der Waals surface area contributed by atoms with Gasteiger partial charge in [0.25, 0.3) is 5.69 Å². The molecular weight excluding hydrogens is 452 g/mol. The van der Waals surface area contributed by atoms with Gasteiger partial charge >= 0.3 is 0 Å². The zero-order chi connectivity index (χ0) is 21.6. The third-order valence-electron chi connectivity index (χ3n) is 6.12. The zero-order valence-electron chi connectivity index (χ0n) is 16.8. The molecule has 5 heteroatoms. The van der Waals surface area contributed by atoms with Crippen LogP contribution < -0.4 is 0 Å². The van der Waals surface area contributed by atoms with E-state index in [0.29, 0.717) is 11.1 Å². The Kier molecular flexibility index (Phi) is 4.63. The number of nitro benzene ring substituents is 1. The topological polar surface area (TPSA) is 58.9 Å². The number of nitrogens with one attached hydrogen (secondary N) is 1. The maximum absolute atomic E-state index is 12.4. The quantitative estimate of drug-likeness (QED) is 0.249. The van der Waals surface area contributed by atoms with Gasteiger partial charge in [-0.1, -0.05) is 76.6 Å². The Morgan fingerprint density at radius 1 is 0.935 bits per heavy atom. The first-order valence-corrected chi connectivity index (χ1v) is 10.8. The Hall–Kier alpha value is -3.44. The van der Waals surface area contributed by atoms with Crippen LogP contribution in [0.4, 0.5) is 5.69 Å². The number of aromatic nitrogens is 1. The highest BCUT2D eigenvalue weighted by Crippen LogP contribution is 2.53. The van der Waals surface area contributed by atoms with E-state index in [9.17, 15) is 10.1 Å². The molecule has 0 spiro atoms. The van der Waals surface area contributed by atoms with E-state index >= 15 is 0 Å². The average Bonchev–Trinajstić information content (AvgIpc) is 3.38. The van der Waals surface area contributed by atoms with Gasteiger partial charge in [0.2, 0.25) is 0 Å². The molecule has 5 rings (SSSR count). The molecule has 0 fully saturated rings. The van der Waals surface area contributed by atoms with Crippen LogP contribution in [0.1, 0.15) is 18.1 Å². The summed E-state index contributed by atoms with van der Waals surface area (Å²) in [5.74, 6) is 0. The van der Waals surface area contributed by atoms with Gasteiger partial charge < -0.3 is 4.98 Å². The number of nitro groups is 1. The van der Waals surface area contributed by atoms with Crippen LogP contribution in [0.15, 0.2) is 95.6 Å². The van der Waals surface area contributed by atoms with E-state index in [1.165, 1.54) is 0 Å². The molecule has 1 aliphatic carbocycles. The Labute approximate surface area is 188 Å². The fourth-order valence-electron chi connectivity index (χ4n) is 4.49. The summed E-state index contributed by atoms with van der Waals surface area (Å²) in [5.41, 5.74) is 4.65. The van der Waals surface area contributed by atoms with E-state index in [1.54, 1.807) is 0 Å². The molecule has 1 N–H and O–H groups in total. The van der Waals surface area contributed by atoms with Gasteiger partial charge in [0.05, 0.1) is 15.9 Å². The number of nitrogens with zero attached hydrogens (tertiary/aromatic N) is 1. The summed E-state index contributed by atoms with van der Waals surface area (Å²) in [6.45, 7) is 2.04. The predicted octanol–water partition coefficient (Wildman–Crippen LogP) is 7.38. The number of rotatable bonds is 4. The van der Waals surface area contributed by atoms with E-state index in [0.717, 1.165) is 32.1 Å². The van der Waals surface area contributed by atoms with Crippen molar-refractivity contribution in [3.8, 4) is 11.1 Å². The summed E-state index contributed by atoms with van der Waals surface area (Å²) in [6.07, 6.45) is 5.91. The highest BCUT2D eigenvalue weighted by molar-refractivity contribution is 9.11. The van der Waals surface area contributed by atoms with Crippen LogP contribution in [0.25, 0.3) is 27.6 Å². The van der Waals surface area contributed by atoms with E-state index in [4.69, 9.17) is 0 Å². The first kappa shape index (κ1) is 19.5. The number of hydrogen-bond acceptors (Lipinski definition) is 2. The van der Waals surface area contributed by atoms with Crippen molar-refractivity contribution >= 4 is 38.1 Å². The standard InChI is InChI=1S/C26H19BrN2O2/c1-26(21(11-13-24(26)27)17-6-3-2-4-7-17)22-9-5-8-20(25(22)29(30)31)18-10-12-23-19(16-18)14-15-28-23/h2-16,28H,1H3. The van der Waals surface area contributed by atoms with Crippen LogP contribution in [-0.4, -0.2) is 9.91 Å². The summed E-state index contributed by atoms with van der Waals surface area (Å²) >= 11 is 3.71. The van der Waals surface area contributed by atoms with Gasteiger partial charge in [0.15, 0.2) is 0 Å². The van der Waals surface area contributed by atoms with Crippen LogP contribution in [0.5, 0.6) is 0 Å². The van der Waals surface area contributed by atoms with Gasteiger partial charge in [-0.2, -0.15) is 0 Å². The minimum absolute atomic E-state index is 0.133. The molecule has 0 saturated heterocycles. The van der Waals surface area contributed by atoms with Crippen molar-refractivity contribution in [2.24, 2.45) is 0 Å². The van der Waals surface area contributed by atoms with Gasteiger partial charge in [-0.25, -0.2) is 0 Å². The largest absolute Gasteiger partial charge is 0.361 e. The third kappa shape index (κ3) is 3.04. The Morgan fingerprint density at radius 3 is 2.52 bits per heavy atom. The third-order valence-corrected chi connectivity index (χ3v) is 7.18. The maximum Gasteiger partial charge on any atom is 0.281 e. The number of aromatic amines is 1. The van der Waals surface area contributed by atoms with Gasteiger partial charge in [-0.15, -0.1) is 0 Å². The minimum atomic E-state index is -0.669. The second-order valence-electron chi connectivity index (χ2n) is 7.82. The molecule has 3 aromatic carbocycles. The number of halogens is 1. The van der Waals surface area contributed by atoms with Crippen molar-refractivity contribution in [2.45, 2.75) is 12.3 Å². The van der Waals surface area contributed by atoms with E-state index in [-0.39, 0.29) is 10.6 Å². The van der Waals surface area contributed by atoms with Crippen molar-refractivity contribution in [1.29, 1.82) is 0 Å². The molecule has 1 aromatic heterocycles. The molecule has 0 amide bonds. The fourth-order valence-corrected chi connectivity index (χ4v) is 5.05. The van der Waals surface area contributed by atoms with Gasteiger partial charge in [0.1, 0.15) is 0 Å². The number of fused-ring (bicyclic) bond motifs is 1. The van der Waals surface area contributed by atoms with Crippen LogP contribution in [-0.2, 0) is 5.41 Å². The maximum atomic E-state index is 12.4. The molecule has 0 radical (unpaired) electrons. The summed E-state index contributed by atoms with van der Waals surface area (Å²) in [5, 5.41) is 13.4. The van der Waals surface area contributed by atoms with Crippen LogP contribution in [0, 0.1) is 10.1 Å². The smallest absolute Gasteiger partial charge is 0.281 e. The highest BCUT2D eigenvalue weighted by Gasteiger charge is 2.42. The second kappa shape index (κ2) is 7.36. The summed E-state index contributed by atoms with van der Waals surface area (Å²) in [6, 6.07) is 23.5. The second-order valence-corrected chi connectivity index (χ2v) is 8.68. The molecule has 1 aliphatic rings. The Balaban J connectivity index is 1.74. The van der Waals surface area contributed by atoms with Crippen molar-refractivity contribution < 1.29 is 4.92 Å². The summed E-state index contributed by atoms with van der Waals surface area (Å²) < 4.78 is 0.903. The molecule has 4 nitrogen and oxygen atoms in total. The number of benzene rings is 3. The number of para-hydroxylation sites is 1. The van der Waals surface area contributed by atoms with Crippen LogP contribution in [0.3, 0.4) is 0 Å². The summed E-state index contributed by atoms with van der Waals surface area (Å²) in [7, 11) is 0. The average molecular weight is 471 g/mol. The summed E-state index contributed by atoms with van der Waals surface area (Å²) in [4.78, 5) is 15.3.